The second-order valence-electron chi connectivity index (χ2n) is 16.9. The fourth-order valence-electron chi connectivity index (χ4n) is 10.0. The van der Waals surface area contributed by atoms with Gasteiger partial charge in [-0.25, -0.2) is 0 Å². The molecular formula is C57H37NO3. The Bertz CT molecular complexity index is 3730. The molecule has 0 N–H and O–H groups in total. The van der Waals surface area contributed by atoms with Crippen molar-refractivity contribution in [3.8, 4) is 33.4 Å². The highest BCUT2D eigenvalue weighted by molar-refractivity contribution is 6.16. The standard InChI is InChI=1S/C57H37NO3/c1-57(2)49-17-8-6-13-41(49)42-27-24-39(31-50(42)57)58(37-22-19-35(20-23-37)40-15-10-16-45-43-14-7-9-18-51(43)61-56(40)45)38-25-28-52-46(30-38)48-33-54-47(32-55(48)59-52)44-26-21-36(29-53(44)60-54)34-11-4-3-5-12-34/h3-33H,1-2H3. The van der Waals surface area contributed by atoms with Gasteiger partial charge in [-0.15, -0.1) is 0 Å². The average Bonchev–Trinajstić information content (AvgIpc) is 4.03. The van der Waals surface area contributed by atoms with E-state index in [2.05, 4.69) is 189 Å². The first-order chi connectivity index (χ1) is 30.0. The van der Waals surface area contributed by atoms with Crippen LogP contribution in [0.4, 0.5) is 17.1 Å². The molecule has 0 amide bonds. The fourth-order valence-corrected chi connectivity index (χ4v) is 10.0. The van der Waals surface area contributed by atoms with Crippen molar-refractivity contribution in [1.82, 2.24) is 0 Å². The molecule has 0 radical (unpaired) electrons. The lowest BCUT2D eigenvalue weighted by Crippen LogP contribution is -2.16. The Hall–Kier alpha value is -7.82. The molecule has 4 heteroatoms. The van der Waals surface area contributed by atoms with E-state index in [1.807, 2.05) is 18.2 Å². The van der Waals surface area contributed by atoms with Gasteiger partial charge in [-0.05, 0) is 112 Å². The highest BCUT2D eigenvalue weighted by Crippen LogP contribution is 2.51. The van der Waals surface area contributed by atoms with E-state index in [1.54, 1.807) is 0 Å². The van der Waals surface area contributed by atoms with Gasteiger partial charge in [-0.2, -0.15) is 0 Å². The first-order valence-corrected chi connectivity index (χ1v) is 20.9. The van der Waals surface area contributed by atoms with Crippen LogP contribution in [0.15, 0.2) is 201 Å². The van der Waals surface area contributed by atoms with Crippen molar-refractivity contribution in [2.24, 2.45) is 0 Å². The zero-order valence-electron chi connectivity index (χ0n) is 33.6. The highest BCUT2D eigenvalue weighted by atomic mass is 16.3. The topological polar surface area (TPSA) is 42.7 Å². The molecule has 288 valence electrons. The van der Waals surface area contributed by atoms with E-state index >= 15 is 0 Å². The molecule has 1 aliphatic carbocycles. The Labute approximate surface area is 351 Å². The number of benzene rings is 9. The summed E-state index contributed by atoms with van der Waals surface area (Å²) < 4.78 is 19.6. The third-order valence-corrected chi connectivity index (χ3v) is 13.1. The Balaban J connectivity index is 0.964. The van der Waals surface area contributed by atoms with Crippen molar-refractivity contribution in [3.63, 3.8) is 0 Å². The van der Waals surface area contributed by atoms with Crippen molar-refractivity contribution >= 4 is 82.9 Å². The summed E-state index contributed by atoms with van der Waals surface area (Å²) in [5.41, 5.74) is 18.0. The SMILES string of the molecule is CC1(C)c2ccccc2-c2ccc(N(c3ccc(-c4cccc5c4oc4ccccc45)cc3)c3ccc4oc5cc6c(cc5c4c3)oc3cc(-c4ccccc4)ccc36)cc21. The monoisotopic (exact) mass is 783 g/mol. The van der Waals surface area contributed by atoms with Gasteiger partial charge in [-0.1, -0.05) is 129 Å². The van der Waals surface area contributed by atoms with E-state index in [1.165, 1.54) is 22.3 Å². The number of hydrogen-bond donors (Lipinski definition) is 0. The van der Waals surface area contributed by atoms with Gasteiger partial charge in [-0.3, -0.25) is 0 Å². The number of hydrogen-bond acceptors (Lipinski definition) is 4. The summed E-state index contributed by atoms with van der Waals surface area (Å²) in [5, 5.41) is 6.43. The van der Waals surface area contributed by atoms with Crippen molar-refractivity contribution in [3.05, 3.63) is 199 Å². The lowest BCUT2D eigenvalue weighted by Gasteiger charge is -2.28. The molecule has 0 fully saturated rings. The van der Waals surface area contributed by atoms with Gasteiger partial charge in [0, 0.05) is 60.4 Å². The summed E-state index contributed by atoms with van der Waals surface area (Å²) in [6.45, 7) is 4.67. The minimum absolute atomic E-state index is 0.146. The molecule has 4 nitrogen and oxygen atoms in total. The molecule has 9 aromatic carbocycles. The first kappa shape index (κ1) is 34.1. The molecule has 13 rings (SSSR count). The van der Waals surface area contributed by atoms with Crippen LogP contribution in [-0.4, -0.2) is 0 Å². The molecule has 0 unspecified atom stereocenters. The highest BCUT2D eigenvalue weighted by Gasteiger charge is 2.36. The third-order valence-electron chi connectivity index (χ3n) is 13.1. The largest absolute Gasteiger partial charge is 0.456 e. The number of nitrogens with zero attached hydrogens (tertiary/aromatic N) is 1. The average molecular weight is 784 g/mol. The van der Waals surface area contributed by atoms with Crippen molar-refractivity contribution < 1.29 is 13.3 Å². The zero-order valence-corrected chi connectivity index (χ0v) is 33.6. The van der Waals surface area contributed by atoms with E-state index in [4.69, 9.17) is 13.3 Å². The second-order valence-corrected chi connectivity index (χ2v) is 16.9. The Morgan fingerprint density at radius 1 is 0.328 bits per heavy atom. The van der Waals surface area contributed by atoms with Crippen LogP contribution < -0.4 is 4.90 Å². The number of anilines is 3. The van der Waals surface area contributed by atoms with Crippen LogP contribution in [0.5, 0.6) is 0 Å². The predicted molar refractivity (Wildman–Crippen MR) is 251 cm³/mol. The van der Waals surface area contributed by atoms with E-state index in [-0.39, 0.29) is 5.41 Å². The summed E-state index contributed by atoms with van der Waals surface area (Å²) in [5.74, 6) is 0. The molecule has 0 saturated heterocycles. The van der Waals surface area contributed by atoms with Gasteiger partial charge < -0.3 is 18.2 Å². The molecular weight excluding hydrogens is 747 g/mol. The molecule has 3 aromatic heterocycles. The fraction of sp³-hybridized carbons (Fsp3) is 0.0526. The molecule has 3 heterocycles. The molecule has 1 aliphatic rings. The maximum atomic E-state index is 6.59. The van der Waals surface area contributed by atoms with E-state index in [9.17, 15) is 0 Å². The summed E-state index contributed by atoms with van der Waals surface area (Å²) in [6.07, 6.45) is 0. The molecule has 0 aliphatic heterocycles. The van der Waals surface area contributed by atoms with E-state index < -0.39 is 0 Å². The number of rotatable bonds is 5. The molecule has 61 heavy (non-hydrogen) atoms. The van der Waals surface area contributed by atoms with Gasteiger partial charge in [0.1, 0.15) is 33.5 Å². The van der Waals surface area contributed by atoms with Crippen molar-refractivity contribution in [1.29, 1.82) is 0 Å². The number of para-hydroxylation sites is 2. The number of fused-ring (bicyclic) bond motifs is 12. The van der Waals surface area contributed by atoms with Crippen LogP contribution in [0.1, 0.15) is 25.0 Å². The van der Waals surface area contributed by atoms with Crippen LogP contribution in [0.3, 0.4) is 0 Å². The minimum atomic E-state index is -0.146. The normalized spacial score (nSPS) is 13.2. The molecule has 12 aromatic rings. The second kappa shape index (κ2) is 12.6. The summed E-state index contributed by atoms with van der Waals surface area (Å²) in [7, 11) is 0. The summed E-state index contributed by atoms with van der Waals surface area (Å²) in [6, 6.07) is 67.0. The zero-order chi connectivity index (χ0) is 40.4. The van der Waals surface area contributed by atoms with Crippen LogP contribution in [0, 0.1) is 0 Å². The summed E-state index contributed by atoms with van der Waals surface area (Å²) >= 11 is 0. The van der Waals surface area contributed by atoms with Gasteiger partial charge in [0.15, 0.2) is 0 Å². The van der Waals surface area contributed by atoms with Crippen LogP contribution in [0.2, 0.25) is 0 Å². The first-order valence-electron chi connectivity index (χ1n) is 20.9. The maximum absolute atomic E-state index is 6.59. The lowest BCUT2D eigenvalue weighted by atomic mass is 9.82. The van der Waals surface area contributed by atoms with Crippen LogP contribution in [-0.2, 0) is 5.41 Å². The quantitative estimate of drug-likeness (QED) is 0.174. The summed E-state index contributed by atoms with van der Waals surface area (Å²) in [4.78, 5) is 2.37. The van der Waals surface area contributed by atoms with E-state index in [0.29, 0.717) is 0 Å². The van der Waals surface area contributed by atoms with E-state index in [0.717, 1.165) is 105 Å². The van der Waals surface area contributed by atoms with Crippen molar-refractivity contribution in [2.75, 3.05) is 4.90 Å². The van der Waals surface area contributed by atoms with Gasteiger partial charge in [0.25, 0.3) is 0 Å². The van der Waals surface area contributed by atoms with Crippen LogP contribution in [0.25, 0.3) is 99.2 Å². The molecule has 0 spiro atoms. The van der Waals surface area contributed by atoms with Crippen LogP contribution >= 0.6 is 0 Å². The van der Waals surface area contributed by atoms with Crippen molar-refractivity contribution in [2.45, 2.75) is 19.3 Å². The number of furan rings is 3. The molecule has 0 atom stereocenters. The van der Waals surface area contributed by atoms with Gasteiger partial charge in [0.05, 0.1) is 0 Å². The van der Waals surface area contributed by atoms with Gasteiger partial charge >= 0.3 is 0 Å². The maximum Gasteiger partial charge on any atom is 0.143 e. The third kappa shape index (κ3) is 5.06. The minimum Gasteiger partial charge on any atom is -0.456 e. The molecule has 0 bridgehead atoms. The lowest BCUT2D eigenvalue weighted by molar-refractivity contribution is 0.660. The Morgan fingerprint density at radius 2 is 0.918 bits per heavy atom. The molecule has 0 saturated carbocycles. The van der Waals surface area contributed by atoms with Gasteiger partial charge in [0.2, 0.25) is 0 Å². The predicted octanol–water partition coefficient (Wildman–Crippen LogP) is 16.5. The Kier molecular flexibility index (Phi) is 7.04. The Morgan fingerprint density at radius 3 is 1.79 bits per heavy atom. The smallest absolute Gasteiger partial charge is 0.143 e.